The largest absolute Gasteiger partial charge is 0.292 e. The molecule has 1 aromatic heterocycles. The van der Waals surface area contributed by atoms with E-state index in [0.29, 0.717) is 42.5 Å². The van der Waals surface area contributed by atoms with Crippen molar-refractivity contribution in [2.24, 2.45) is 9.98 Å². The molecule has 4 rings (SSSR count). The molecule has 0 saturated heterocycles. The van der Waals surface area contributed by atoms with Gasteiger partial charge in [-0.15, -0.1) is 0 Å². The summed E-state index contributed by atoms with van der Waals surface area (Å²) in [6.45, 7) is 10.5. The minimum atomic E-state index is -0.473. The van der Waals surface area contributed by atoms with E-state index in [2.05, 4.69) is 18.8 Å². The van der Waals surface area contributed by atoms with Crippen molar-refractivity contribution in [1.29, 1.82) is 0 Å². The molecular formula is C24H29FN6O. The molecule has 168 valence electrons. The van der Waals surface area contributed by atoms with E-state index < -0.39 is 5.97 Å². The SMILES string of the molecule is C/C=C(\N=C(C)F)c1ccc(Cn2nc3c(c2CC)C(=O)N(C)C2=NC(C)(C)CN23)cc1. The van der Waals surface area contributed by atoms with Gasteiger partial charge in [-0.2, -0.15) is 9.49 Å². The van der Waals surface area contributed by atoms with Crippen LogP contribution in [0.2, 0.25) is 0 Å². The summed E-state index contributed by atoms with van der Waals surface area (Å²) in [5, 5.41) is 4.85. The van der Waals surface area contributed by atoms with Crippen LogP contribution < -0.4 is 4.90 Å². The zero-order valence-corrected chi connectivity index (χ0v) is 19.5. The van der Waals surface area contributed by atoms with Crippen molar-refractivity contribution in [3.8, 4) is 0 Å². The molecule has 1 aromatic carbocycles. The van der Waals surface area contributed by atoms with E-state index in [9.17, 15) is 9.18 Å². The Balaban J connectivity index is 1.68. The number of aromatic nitrogens is 2. The van der Waals surface area contributed by atoms with Crippen LogP contribution in [0.1, 0.15) is 61.8 Å². The normalized spacial score (nSPS) is 18.1. The molecule has 0 spiro atoms. The third kappa shape index (κ3) is 3.74. The van der Waals surface area contributed by atoms with Crippen LogP contribution in [0.3, 0.4) is 0 Å². The minimum Gasteiger partial charge on any atom is -0.292 e. The van der Waals surface area contributed by atoms with Crippen molar-refractivity contribution in [3.63, 3.8) is 0 Å². The first-order chi connectivity index (χ1) is 15.1. The summed E-state index contributed by atoms with van der Waals surface area (Å²) in [7, 11) is 1.77. The van der Waals surface area contributed by atoms with E-state index in [1.54, 1.807) is 18.0 Å². The van der Waals surface area contributed by atoms with Gasteiger partial charge in [-0.3, -0.25) is 19.3 Å². The Bertz CT molecular complexity index is 1150. The van der Waals surface area contributed by atoms with Crippen LogP contribution in [0.25, 0.3) is 5.70 Å². The lowest BCUT2D eigenvalue weighted by molar-refractivity contribution is 0.0864. The van der Waals surface area contributed by atoms with Gasteiger partial charge in [0.05, 0.1) is 30.0 Å². The fourth-order valence-corrected chi connectivity index (χ4v) is 4.30. The monoisotopic (exact) mass is 436 g/mol. The van der Waals surface area contributed by atoms with E-state index in [1.807, 2.05) is 47.7 Å². The quantitative estimate of drug-likeness (QED) is 0.657. The van der Waals surface area contributed by atoms with Crippen molar-refractivity contribution in [2.75, 3.05) is 18.5 Å². The number of hydrogen-bond donors (Lipinski definition) is 0. The van der Waals surface area contributed by atoms with Crippen LogP contribution in [0, 0.1) is 0 Å². The second-order valence-corrected chi connectivity index (χ2v) is 8.81. The highest BCUT2D eigenvalue weighted by Crippen LogP contribution is 2.36. The molecule has 8 heteroatoms. The van der Waals surface area contributed by atoms with Crippen LogP contribution in [0.4, 0.5) is 10.2 Å². The van der Waals surface area contributed by atoms with Gasteiger partial charge in [0.1, 0.15) is 5.56 Å². The Kier molecular flexibility index (Phi) is 5.48. The highest BCUT2D eigenvalue weighted by atomic mass is 19.1. The molecule has 0 saturated carbocycles. The smallest absolute Gasteiger partial charge is 0.266 e. The first-order valence-corrected chi connectivity index (χ1v) is 10.9. The molecule has 7 nitrogen and oxygen atoms in total. The van der Waals surface area contributed by atoms with Gasteiger partial charge >= 0.3 is 0 Å². The molecule has 0 N–H and O–H groups in total. The number of anilines is 1. The number of guanidine groups is 1. The zero-order valence-electron chi connectivity index (χ0n) is 19.5. The van der Waals surface area contributed by atoms with Crippen molar-refractivity contribution < 1.29 is 9.18 Å². The Labute approximate surface area is 188 Å². The van der Waals surface area contributed by atoms with Gasteiger partial charge in [-0.25, -0.2) is 9.98 Å². The number of hydrogen-bond acceptors (Lipinski definition) is 5. The third-order valence-electron chi connectivity index (χ3n) is 5.77. The molecule has 2 aliphatic heterocycles. The Hall–Kier alpha value is -3.29. The number of halogens is 1. The molecule has 0 fully saturated rings. The van der Waals surface area contributed by atoms with E-state index in [1.165, 1.54) is 6.92 Å². The van der Waals surface area contributed by atoms with Gasteiger partial charge in [0.15, 0.2) is 11.8 Å². The van der Waals surface area contributed by atoms with Gasteiger partial charge in [0.2, 0.25) is 5.96 Å². The third-order valence-corrected chi connectivity index (χ3v) is 5.77. The average Bonchev–Trinajstić information content (AvgIpc) is 3.27. The molecule has 0 unspecified atom stereocenters. The van der Waals surface area contributed by atoms with E-state index in [-0.39, 0.29) is 11.4 Å². The van der Waals surface area contributed by atoms with Crippen molar-refractivity contribution in [2.45, 2.75) is 53.1 Å². The number of rotatable bonds is 5. The maximum Gasteiger partial charge on any atom is 0.266 e. The molecule has 3 heterocycles. The first kappa shape index (κ1) is 21.9. The lowest BCUT2D eigenvalue weighted by Gasteiger charge is -2.30. The van der Waals surface area contributed by atoms with Crippen molar-refractivity contribution in [1.82, 2.24) is 14.7 Å². The summed E-state index contributed by atoms with van der Waals surface area (Å²) >= 11 is 0. The second-order valence-electron chi connectivity index (χ2n) is 8.81. The van der Waals surface area contributed by atoms with Crippen LogP contribution in [0.15, 0.2) is 40.3 Å². The molecule has 2 aromatic rings. The summed E-state index contributed by atoms with van der Waals surface area (Å²) in [5.74, 6) is 0.810. The summed E-state index contributed by atoms with van der Waals surface area (Å²) in [4.78, 5) is 25.5. The standard InChI is InChI=1S/C24H29FN6O/c1-7-18(26-15(3)25)17-11-9-16(10-12-17)13-31-19(8-2)20-21(28-31)30-14-24(4,5)27-23(30)29(6)22(20)32/h7,9-12H,8,13-14H2,1-6H3/b18-7-,26-15?. The maximum atomic E-state index is 13.2. The lowest BCUT2D eigenvalue weighted by atomic mass is 10.1. The number of allylic oxidation sites excluding steroid dienone is 1. The Morgan fingerprint density at radius 2 is 1.97 bits per heavy atom. The molecule has 0 radical (unpaired) electrons. The topological polar surface area (TPSA) is 66.1 Å². The van der Waals surface area contributed by atoms with Crippen LogP contribution >= 0.6 is 0 Å². The van der Waals surface area contributed by atoms with Gasteiger partial charge < -0.3 is 0 Å². The number of benzene rings is 1. The lowest BCUT2D eigenvalue weighted by Crippen LogP contribution is -2.48. The van der Waals surface area contributed by atoms with E-state index in [0.717, 1.165) is 16.8 Å². The van der Waals surface area contributed by atoms with Gasteiger partial charge in [-0.1, -0.05) is 37.3 Å². The van der Waals surface area contributed by atoms with Crippen molar-refractivity contribution in [3.05, 3.63) is 52.7 Å². The van der Waals surface area contributed by atoms with Crippen LogP contribution in [-0.2, 0) is 13.0 Å². The number of carbonyl (C=O) groups is 1. The predicted molar refractivity (Wildman–Crippen MR) is 126 cm³/mol. The van der Waals surface area contributed by atoms with Crippen LogP contribution in [-0.4, -0.2) is 51.6 Å². The van der Waals surface area contributed by atoms with Crippen LogP contribution in [0.5, 0.6) is 0 Å². The molecule has 0 bridgehead atoms. The molecule has 32 heavy (non-hydrogen) atoms. The fraction of sp³-hybridized carbons (Fsp3) is 0.417. The Morgan fingerprint density at radius 3 is 2.56 bits per heavy atom. The summed E-state index contributed by atoms with van der Waals surface area (Å²) in [6.07, 6.45) is 2.48. The average molecular weight is 437 g/mol. The number of nitrogens with zero attached hydrogens (tertiary/aromatic N) is 6. The predicted octanol–water partition coefficient (Wildman–Crippen LogP) is 4.28. The summed E-state index contributed by atoms with van der Waals surface area (Å²) in [5.41, 5.74) is 3.78. The number of fused-ring (bicyclic) bond motifs is 3. The molecule has 2 aliphatic rings. The summed E-state index contributed by atoms with van der Waals surface area (Å²) in [6, 6.07) is 7.83. The highest BCUT2D eigenvalue weighted by molar-refractivity contribution is 6.19. The molecule has 0 atom stereocenters. The number of carbonyl (C=O) groups excluding carboxylic acids is 1. The Morgan fingerprint density at radius 1 is 1.28 bits per heavy atom. The summed E-state index contributed by atoms with van der Waals surface area (Å²) < 4.78 is 15.2. The highest BCUT2D eigenvalue weighted by Gasteiger charge is 2.44. The minimum absolute atomic E-state index is 0.0664. The zero-order chi connectivity index (χ0) is 23.2. The van der Waals surface area contributed by atoms with Gasteiger partial charge in [0.25, 0.3) is 5.91 Å². The first-order valence-electron chi connectivity index (χ1n) is 10.9. The van der Waals surface area contributed by atoms with Gasteiger partial charge in [0, 0.05) is 14.0 Å². The van der Waals surface area contributed by atoms with E-state index >= 15 is 0 Å². The molecular weight excluding hydrogens is 407 g/mol. The van der Waals surface area contributed by atoms with E-state index in [4.69, 9.17) is 10.1 Å². The van der Waals surface area contributed by atoms with Crippen molar-refractivity contribution >= 4 is 29.3 Å². The number of aliphatic imine (C=N–C) groups is 2. The second kappa shape index (κ2) is 8.00. The van der Waals surface area contributed by atoms with Gasteiger partial charge in [-0.05, 0) is 38.3 Å². The maximum absolute atomic E-state index is 13.2. The molecule has 1 amide bonds. The fourth-order valence-electron chi connectivity index (χ4n) is 4.30. The molecule has 0 aliphatic carbocycles. The number of amides is 1.